The van der Waals surface area contributed by atoms with Crippen molar-refractivity contribution in [3.63, 3.8) is 0 Å². The number of hydrogen-bond donors (Lipinski definition) is 2. The lowest BCUT2D eigenvalue weighted by Crippen LogP contribution is -2.51. The summed E-state index contributed by atoms with van der Waals surface area (Å²) in [5, 5.41) is 14.2. The monoisotopic (exact) mass is 574 g/mol. The molecule has 2 aromatic carbocycles. The number of alkyl carbamates (subject to hydrolysis) is 1. The number of benzene rings is 2. The number of ether oxygens (including phenoxy) is 3. The molecule has 2 saturated heterocycles. The zero-order valence-corrected chi connectivity index (χ0v) is 24.1. The summed E-state index contributed by atoms with van der Waals surface area (Å²) in [7, 11) is -2.16. The van der Waals surface area contributed by atoms with E-state index >= 15 is 0 Å². The SMILES string of the molecule is C=[N+](C)c1ccc(S(=O)(=O)N(CC(C)C)CC(O)C(Cc2ccccc2)NC(=O)OC2COC3OCCC23)cc1. The first kappa shape index (κ1) is 30.1. The predicted molar refractivity (Wildman–Crippen MR) is 150 cm³/mol. The molecule has 2 fully saturated rings. The molecular weight excluding hydrogens is 534 g/mol. The van der Waals surface area contributed by atoms with Crippen LogP contribution in [0.3, 0.4) is 0 Å². The van der Waals surface area contributed by atoms with Gasteiger partial charge in [0.05, 0.1) is 36.2 Å². The number of nitrogens with one attached hydrogen (secondary N) is 1. The average molecular weight is 575 g/mol. The minimum absolute atomic E-state index is 0.00154. The van der Waals surface area contributed by atoms with E-state index in [1.54, 1.807) is 23.8 Å². The van der Waals surface area contributed by atoms with E-state index in [1.807, 2.05) is 44.2 Å². The van der Waals surface area contributed by atoms with Gasteiger partial charge in [0.25, 0.3) is 0 Å². The predicted octanol–water partition coefficient (Wildman–Crippen LogP) is 2.77. The Morgan fingerprint density at radius 3 is 2.50 bits per heavy atom. The molecule has 2 N–H and O–H groups in total. The minimum atomic E-state index is -3.94. The van der Waals surface area contributed by atoms with E-state index in [9.17, 15) is 18.3 Å². The Labute approximate surface area is 236 Å². The highest BCUT2D eigenvalue weighted by atomic mass is 32.2. The molecule has 2 heterocycles. The first-order chi connectivity index (χ1) is 19.0. The number of carbonyl (C=O) groups is 1. The van der Waals surface area contributed by atoms with Crippen LogP contribution in [-0.4, -0.2) is 93.1 Å². The van der Waals surface area contributed by atoms with Crippen molar-refractivity contribution < 1.29 is 37.1 Å². The normalized spacial score (nSPS) is 22.2. The number of sulfonamides is 1. The third-order valence-corrected chi connectivity index (χ3v) is 9.03. The Bertz CT molecular complexity index is 1250. The number of nitrogens with zero attached hydrogens (tertiary/aromatic N) is 2. The summed E-state index contributed by atoms with van der Waals surface area (Å²) in [6, 6.07) is 15.0. The lowest BCUT2D eigenvalue weighted by Gasteiger charge is -2.31. The highest BCUT2D eigenvalue weighted by Crippen LogP contribution is 2.33. The zero-order chi connectivity index (χ0) is 28.9. The van der Waals surface area contributed by atoms with Crippen LogP contribution in [0.1, 0.15) is 25.8 Å². The van der Waals surface area contributed by atoms with Gasteiger partial charge in [-0.3, -0.25) is 0 Å². The Balaban J connectivity index is 1.51. The summed E-state index contributed by atoms with van der Waals surface area (Å²) in [6.07, 6.45) is -1.68. The molecule has 40 heavy (non-hydrogen) atoms. The number of hydrogen-bond acceptors (Lipinski definition) is 7. The summed E-state index contributed by atoms with van der Waals surface area (Å²) in [5.74, 6) is -0.0220. The van der Waals surface area contributed by atoms with Gasteiger partial charge in [0.1, 0.15) is 19.9 Å². The molecule has 2 aliphatic rings. The van der Waals surface area contributed by atoms with Crippen molar-refractivity contribution in [2.24, 2.45) is 11.8 Å². The van der Waals surface area contributed by atoms with Crippen molar-refractivity contribution in [2.75, 3.05) is 33.4 Å². The Hall–Kier alpha value is -2.83. The molecule has 2 aliphatic heterocycles. The second-order valence-electron chi connectivity index (χ2n) is 10.9. The molecule has 0 spiro atoms. The van der Waals surface area contributed by atoms with Gasteiger partial charge in [0.15, 0.2) is 6.29 Å². The quantitative estimate of drug-likeness (QED) is 0.296. The maximum absolute atomic E-state index is 13.7. The third kappa shape index (κ3) is 7.46. The Kier molecular flexibility index (Phi) is 9.96. The third-order valence-electron chi connectivity index (χ3n) is 7.18. The first-order valence-corrected chi connectivity index (χ1v) is 15.1. The molecule has 10 nitrogen and oxygen atoms in total. The van der Waals surface area contributed by atoms with Crippen LogP contribution in [0.5, 0.6) is 0 Å². The van der Waals surface area contributed by atoms with Gasteiger partial charge in [-0.15, -0.1) is 0 Å². The van der Waals surface area contributed by atoms with Gasteiger partial charge in [-0.05, 0) is 36.5 Å². The van der Waals surface area contributed by atoms with Crippen molar-refractivity contribution in [3.05, 3.63) is 60.2 Å². The Morgan fingerprint density at radius 2 is 1.85 bits per heavy atom. The lowest BCUT2D eigenvalue weighted by atomic mass is 10.0. The molecule has 0 radical (unpaired) electrons. The fourth-order valence-corrected chi connectivity index (χ4v) is 6.68. The molecule has 0 aromatic heterocycles. The average Bonchev–Trinajstić information content (AvgIpc) is 3.53. The van der Waals surface area contributed by atoms with Gasteiger partial charge >= 0.3 is 6.09 Å². The standard InChI is InChI=1S/C29H39N3O7S/c1-20(2)17-32(40(35,36)23-12-10-22(11-13-23)31(3)4)18-26(33)25(16-21-8-6-5-7-9-21)30-29(34)39-27-19-38-28-24(27)14-15-37-28/h5-13,20,24-28,33H,3,14-19H2,1-2,4H3/p+1. The van der Waals surface area contributed by atoms with Gasteiger partial charge in [-0.25, -0.2) is 17.8 Å². The van der Waals surface area contributed by atoms with Crippen LogP contribution in [0.15, 0.2) is 59.5 Å². The molecule has 4 rings (SSSR count). The molecule has 1 amide bonds. The fraction of sp³-hybridized carbons (Fsp3) is 0.517. The lowest BCUT2D eigenvalue weighted by molar-refractivity contribution is -0.394. The van der Waals surface area contributed by atoms with E-state index in [-0.39, 0.29) is 49.1 Å². The van der Waals surface area contributed by atoms with Crippen LogP contribution < -0.4 is 5.32 Å². The summed E-state index contributed by atoms with van der Waals surface area (Å²) in [5.41, 5.74) is 1.65. The van der Waals surface area contributed by atoms with E-state index in [2.05, 4.69) is 12.0 Å². The number of fused-ring (bicyclic) bond motifs is 1. The van der Waals surface area contributed by atoms with Crippen LogP contribution >= 0.6 is 0 Å². The van der Waals surface area contributed by atoms with Crippen molar-refractivity contribution in [1.29, 1.82) is 0 Å². The smallest absolute Gasteiger partial charge is 0.407 e. The summed E-state index contributed by atoms with van der Waals surface area (Å²) >= 11 is 0. The number of rotatable bonds is 12. The number of aliphatic hydroxyl groups is 1. The van der Waals surface area contributed by atoms with Crippen LogP contribution in [0.4, 0.5) is 10.5 Å². The van der Waals surface area contributed by atoms with E-state index in [4.69, 9.17) is 14.2 Å². The van der Waals surface area contributed by atoms with Crippen LogP contribution in [0.2, 0.25) is 0 Å². The van der Waals surface area contributed by atoms with Crippen molar-refractivity contribution >= 4 is 28.5 Å². The summed E-state index contributed by atoms with van der Waals surface area (Å²) in [4.78, 5) is 13.1. The van der Waals surface area contributed by atoms with E-state index in [0.717, 1.165) is 17.7 Å². The van der Waals surface area contributed by atoms with Gasteiger partial charge in [0.2, 0.25) is 15.7 Å². The topological polar surface area (TPSA) is 117 Å². The molecule has 11 heteroatoms. The maximum Gasteiger partial charge on any atom is 0.407 e. The minimum Gasteiger partial charge on any atom is -0.443 e. The fourth-order valence-electron chi connectivity index (χ4n) is 5.06. The number of amides is 1. The second kappa shape index (κ2) is 13.2. The molecule has 5 unspecified atom stereocenters. The molecule has 0 aliphatic carbocycles. The van der Waals surface area contributed by atoms with Crippen LogP contribution in [0, 0.1) is 11.8 Å². The molecule has 2 aromatic rings. The van der Waals surface area contributed by atoms with Gasteiger partial charge in [-0.2, -0.15) is 4.31 Å². The summed E-state index contributed by atoms with van der Waals surface area (Å²) in [6.45, 7) is 8.44. The molecule has 5 atom stereocenters. The molecule has 218 valence electrons. The van der Waals surface area contributed by atoms with E-state index in [1.165, 1.54) is 16.4 Å². The molecule has 0 bridgehead atoms. The number of carbonyl (C=O) groups excluding carboxylic acids is 1. The highest BCUT2D eigenvalue weighted by molar-refractivity contribution is 7.89. The molecular formula is C29H40N3O7S+. The maximum atomic E-state index is 13.7. The number of aliphatic hydroxyl groups excluding tert-OH is 1. The van der Waals surface area contributed by atoms with Crippen molar-refractivity contribution in [3.8, 4) is 0 Å². The largest absolute Gasteiger partial charge is 0.443 e. The van der Waals surface area contributed by atoms with E-state index in [0.29, 0.717) is 6.61 Å². The van der Waals surface area contributed by atoms with Crippen LogP contribution in [0.25, 0.3) is 0 Å². The van der Waals surface area contributed by atoms with E-state index < -0.39 is 34.4 Å². The Morgan fingerprint density at radius 1 is 1.15 bits per heavy atom. The van der Waals surface area contributed by atoms with Gasteiger partial charge < -0.3 is 24.6 Å². The van der Waals surface area contributed by atoms with Gasteiger partial charge in [-0.1, -0.05) is 44.2 Å². The van der Waals surface area contributed by atoms with Crippen molar-refractivity contribution in [2.45, 2.75) is 56.1 Å². The first-order valence-electron chi connectivity index (χ1n) is 13.6. The molecule has 0 saturated carbocycles. The summed E-state index contributed by atoms with van der Waals surface area (Å²) < 4.78 is 47.0. The highest BCUT2D eigenvalue weighted by Gasteiger charge is 2.44. The second-order valence-corrected chi connectivity index (χ2v) is 12.8. The van der Waals surface area contributed by atoms with Gasteiger partial charge in [0, 0.05) is 25.2 Å². The van der Waals surface area contributed by atoms with Crippen LogP contribution in [-0.2, 0) is 30.7 Å². The zero-order valence-electron chi connectivity index (χ0n) is 23.3. The van der Waals surface area contributed by atoms with Crippen molar-refractivity contribution in [1.82, 2.24) is 9.62 Å².